The lowest BCUT2D eigenvalue weighted by Gasteiger charge is -2.06. The van der Waals surface area contributed by atoms with Crippen LogP contribution in [0.15, 0.2) is 54.9 Å². The van der Waals surface area contributed by atoms with E-state index in [4.69, 9.17) is 9.47 Å². The first-order chi connectivity index (χ1) is 11.2. The quantitative estimate of drug-likeness (QED) is 0.668. The number of ether oxygens (including phenoxy) is 2. The van der Waals surface area contributed by atoms with Crippen molar-refractivity contribution in [3.05, 3.63) is 60.6 Å². The first kappa shape index (κ1) is 15.6. The van der Waals surface area contributed by atoms with Crippen LogP contribution in [0.4, 0.5) is 0 Å². The van der Waals surface area contributed by atoms with Gasteiger partial charge in [0, 0.05) is 23.2 Å². The Morgan fingerprint density at radius 2 is 1.91 bits per heavy atom. The van der Waals surface area contributed by atoms with Gasteiger partial charge in [-0.25, -0.2) is 4.98 Å². The number of fused-ring (bicyclic) bond motifs is 1. The summed E-state index contributed by atoms with van der Waals surface area (Å²) in [6.45, 7) is 0.409. The number of methoxy groups -OCH3 is 1. The van der Waals surface area contributed by atoms with E-state index in [2.05, 4.69) is 4.98 Å². The van der Waals surface area contributed by atoms with E-state index in [0.717, 1.165) is 22.8 Å². The van der Waals surface area contributed by atoms with Gasteiger partial charge in [0.2, 0.25) is 0 Å². The van der Waals surface area contributed by atoms with Gasteiger partial charge in [0.1, 0.15) is 17.1 Å². The minimum absolute atomic E-state index is 0.409. The molecule has 0 fully saturated rings. The number of hydrogen-bond acceptors (Lipinski definition) is 4. The topological polar surface area (TPSA) is 52.8 Å². The summed E-state index contributed by atoms with van der Waals surface area (Å²) in [4.78, 5) is 4.45. The molecule has 23 heavy (non-hydrogen) atoms. The molecule has 3 aromatic rings. The van der Waals surface area contributed by atoms with Crippen LogP contribution in [0.3, 0.4) is 0 Å². The largest absolute Gasteiger partial charge is 0.497 e. The molecule has 0 spiro atoms. The van der Waals surface area contributed by atoms with E-state index >= 15 is 0 Å². The zero-order chi connectivity index (χ0) is 16.1. The molecule has 1 aromatic carbocycles. The fourth-order valence-electron chi connectivity index (χ4n) is 2.22. The second kappa shape index (κ2) is 7.28. The van der Waals surface area contributed by atoms with Crippen LogP contribution in [-0.4, -0.2) is 33.1 Å². The average molecular weight is 330 g/mol. The number of imidazole rings is 1. The van der Waals surface area contributed by atoms with E-state index in [-0.39, 0.29) is 0 Å². The summed E-state index contributed by atoms with van der Waals surface area (Å²) in [5.41, 5.74) is 1.70. The zero-order valence-electron chi connectivity index (χ0n) is 12.8. The number of rotatable bonds is 7. The summed E-state index contributed by atoms with van der Waals surface area (Å²) in [6.07, 6.45) is 3.85. The van der Waals surface area contributed by atoms with Crippen LogP contribution in [0.1, 0.15) is 5.69 Å². The van der Waals surface area contributed by atoms with Gasteiger partial charge in [0.15, 0.2) is 0 Å². The lowest BCUT2D eigenvalue weighted by molar-refractivity contribution is 0.341. The van der Waals surface area contributed by atoms with Gasteiger partial charge in [-0.1, -0.05) is 6.07 Å². The van der Waals surface area contributed by atoms with Crippen LogP contribution < -0.4 is 9.47 Å². The van der Waals surface area contributed by atoms with Crippen molar-refractivity contribution in [1.29, 1.82) is 0 Å². The zero-order valence-corrected chi connectivity index (χ0v) is 13.7. The maximum Gasteiger partial charge on any atom is 0.137 e. The summed E-state index contributed by atoms with van der Waals surface area (Å²) in [5.74, 6) is 2.44. The Kier molecular flexibility index (Phi) is 4.92. The van der Waals surface area contributed by atoms with Gasteiger partial charge >= 0.3 is 0 Å². The number of aromatic nitrogens is 2. The van der Waals surface area contributed by atoms with Crippen LogP contribution in [0.25, 0.3) is 5.65 Å². The molecule has 0 aliphatic heterocycles. The summed E-state index contributed by atoms with van der Waals surface area (Å²) < 4.78 is 24.8. The van der Waals surface area contributed by atoms with Gasteiger partial charge in [0.05, 0.1) is 30.9 Å². The molecule has 0 aliphatic carbocycles. The number of benzene rings is 1. The van der Waals surface area contributed by atoms with Gasteiger partial charge in [-0.2, -0.15) is 0 Å². The van der Waals surface area contributed by atoms with Crippen molar-refractivity contribution in [1.82, 2.24) is 9.38 Å². The highest BCUT2D eigenvalue weighted by Crippen LogP contribution is 2.17. The van der Waals surface area contributed by atoms with Gasteiger partial charge < -0.3 is 13.9 Å². The smallest absolute Gasteiger partial charge is 0.137 e. The van der Waals surface area contributed by atoms with Crippen LogP contribution in [0, 0.1) is 0 Å². The van der Waals surface area contributed by atoms with Crippen molar-refractivity contribution < 1.29 is 13.7 Å². The van der Waals surface area contributed by atoms with Gasteiger partial charge in [0.25, 0.3) is 0 Å². The second-order valence-corrected chi connectivity index (χ2v) is 6.59. The van der Waals surface area contributed by atoms with E-state index in [9.17, 15) is 4.21 Å². The fourth-order valence-corrected chi connectivity index (χ4v) is 3.10. The molecule has 2 heterocycles. The van der Waals surface area contributed by atoms with Gasteiger partial charge in [-0.15, -0.1) is 0 Å². The highest BCUT2D eigenvalue weighted by atomic mass is 32.2. The Morgan fingerprint density at radius 3 is 2.65 bits per heavy atom. The summed E-state index contributed by atoms with van der Waals surface area (Å²) in [7, 11) is 0.620. The molecule has 0 bridgehead atoms. The lowest BCUT2D eigenvalue weighted by Crippen LogP contribution is -2.10. The van der Waals surface area contributed by atoms with Crippen molar-refractivity contribution >= 4 is 16.4 Å². The molecular weight excluding hydrogens is 312 g/mol. The normalized spacial score (nSPS) is 12.2. The summed E-state index contributed by atoms with van der Waals surface area (Å²) >= 11 is 0. The third-order valence-electron chi connectivity index (χ3n) is 3.36. The Hall–Kier alpha value is -2.34. The lowest BCUT2D eigenvalue weighted by atomic mass is 10.3. The van der Waals surface area contributed by atoms with Gasteiger partial charge in [-0.05, 0) is 36.4 Å². The monoisotopic (exact) mass is 330 g/mol. The highest BCUT2D eigenvalue weighted by Gasteiger charge is 2.07. The fraction of sp³-hybridized carbons (Fsp3) is 0.235. The van der Waals surface area contributed by atoms with Crippen LogP contribution in [0.2, 0.25) is 0 Å². The minimum atomic E-state index is -1.00. The van der Waals surface area contributed by atoms with Crippen molar-refractivity contribution in [2.45, 2.75) is 5.75 Å². The Balaban J connectivity index is 1.49. The van der Waals surface area contributed by atoms with E-state index in [1.165, 1.54) is 0 Å². The first-order valence-electron chi connectivity index (χ1n) is 7.29. The predicted molar refractivity (Wildman–Crippen MR) is 90.4 cm³/mol. The van der Waals surface area contributed by atoms with E-state index in [1.807, 2.05) is 59.3 Å². The molecule has 0 saturated heterocycles. The highest BCUT2D eigenvalue weighted by molar-refractivity contribution is 7.84. The van der Waals surface area contributed by atoms with Crippen molar-refractivity contribution in [3.8, 4) is 11.5 Å². The molecule has 1 atom stereocenters. The van der Waals surface area contributed by atoms with E-state index in [1.54, 1.807) is 7.11 Å². The third-order valence-corrected chi connectivity index (χ3v) is 4.60. The molecule has 0 radical (unpaired) electrons. The molecule has 2 aromatic heterocycles. The number of hydrogen-bond donors (Lipinski definition) is 0. The molecule has 0 saturated carbocycles. The summed E-state index contributed by atoms with van der Waals surface area (Å²) in [5, 5.41) is 0. The van der Waals surface area contributed by atoms with Crippen molar-refractivity contribution in [2.75, 3.05) is 19.5 Å². The Labute approximate surface area is 137 Å². The molecule has 5 nitrogen and oxygen atoms in total. The molecule has 0 N–H and O–H groups in total. The van der Waals surface area contributed by atoms with Crippen LogP contribution in [0.5, 0.6) is 11.5 Å². The van der Waals surface area contributed by atoms with Crippen molar-refractivity contribution in [3.63, 3.8) is 0 Å². The molecule has 3 rings (SSSR count). The second-order valence-electron chi connectivity index (χ2n) is 5.01. The molecule has 6 heteroatoms. The van der Waals surface area contributed by atoms with E-state index < -0.39 is 10.8 Å². The number of nitrogens with zero attached hydrogens (tertiary/aromatic N) is 2. The maximum atomic E-state index is 12.1. The summed E-state index contributed by atoms with van der Waals surface area (Å²) in [6, 6.07) is 13.2. The maximum absolute atomic E-state index is 12.1. The standard InChI is InChI=1S/C17H18N2O3S/c1-21-15-5-7-16(8-6-15)22-10-11-23(20)13-14-12-19-9-3-2-4-17(19)18-14/h2-9,12H,10-11,13H2,1H3. The third kappa shape index (κ3) is 4.10. The van der Waals surface area contributed by atoms with Crippen LogP contribution >= 0.6 is 0 Å². The SMILES string of the molecule is COc1ccc(OCCS(=O)Cc2cn3ccccc3n2)cc1. The molecule has 0 aliphatic rings. The van der Waals surface area contributed by atoms with E-state index in [0.29, 0.717) is 18.1 Å². The minimum Gasteiger partial charge on any atom is -0.497 e. The van der Waals surface area contributed by atoms with Gasteiger partial charge in [-0.3, -0.25) is 4.21 Å². The predicted octanol–water partition coefficient (Wildman–Crippen LogP) is 2.67. The number of pyridine rings is 1. The molecule has 0 amide bonds. The molecule has 120 valence electrons. The first-order valence-corrected chi connectivity index (χ1v) is 8.78. The van der Waals surface area contributed by atoms with Crippen LogP contribution in [-0.2, 0) is 16.6 Å². The molecular formula is C17H18N2O3S. The Bertz CT molecular complexity index is 766. The molecule has 1 unspecified atom stereocenters. The van der Waals surface area contributed by atoms with Crippen molar-refractivity contribution in [2.24, 2.45) is 0 Å². The average Bonchev–Trinajstić information content (AvgIpc) is 2.97. The Morgan fingerprint density at radius 1 is 1.13 bits per heavy atom.